The Hall–Kier alpha value is -2.05. The summed E-state index contributed by atoms with van der Waals surface area (Å²) in [6.45, 7) is 2.29. The molecule has 0 bridgehead atoms. The Balaban J connectivity index is 2.10. The van der Waals surface area contributed by atoms with Crippen LogP contribution in [-0.2, 0) is 5.41 Å². The molecule has 4 rings (SSSR count). The molecule has 0 amide bonds. The van der Waals surface area contributed by atoms with Crippen LogP contribution in [0.1, 0.15) is 23.6 Å². The van der Waals surface area contributed by atoms with Crippen molar-refractivity contribution in [3.05, 3.63) is 94.5 Å². The van der Waals surface area contributed by atoms with Crippen LogP contribution in [0.2, 0.25) is 5.02 Å². The molecule has 1 unspecified atom stereocenters. The summed E-state index contributed by atoms with van der Waals surface area (Å²) in [7, 11) is 0. The highest BCUT2D eigenvalue weighted by Crippen LogP contribution is 2.52. The van der Waals surface area contributed by atoms with E-state index in [0.717, 1.165) is 5.02 Å². The van der Waals surface area contributed by atoms with Crippen molar-refractivity contribution in [2.75, 3.05) is 0 Å². The number of hydrogen-bond acceptors (Lipinski definition) is 0. The molecule has 0 radical (unpaired) electrons. The fourth-order valence-electron chi connectivity index (χ4n) is 3.55. The van der Waals surface area contributed by atoms with Crippen molar-refractivity contribution in [3.8, 4) is 11.1 Å². The Morgan fingerprint density at radius 2 is 1.38 bits per heavy atom. The predicted octanol–water partition coefficient (Wildman–Crippen LogP) is 5.67. The van der Waals surface area contributed by atoms with Gasteiger partial charge in [-0.3, -0.25) is 0 Å². The van der Waals surface area contributed by atoms with Gasteiger partial charge in [0.15, 0.2) is 0 Å². The topological polar surface area (TPSA) is 0 Å². The van der Waals surface area contributed by atoms with Crippen molar-refractivity contribution in [1.82, 2.24) is 0 Å². The lowest BCUT2D eigenvalue weighted by Gasteiger charge is -2.28. The number of halogens is 1. The molecule has 0 spiro atoms. The molecule has 0 aliphatic heterocycles. The zero-order valence-corrected chi connectivity index (χ0v) is 12.6. The summed E-state index contributed by atoms with van der Waals surface area (Å²) in [6.07, 6.45) is 0. The Morgan fingerprint density at radius 1 is 0.714 bits per heavy atom. The van der Waals surface area contributed by atoms with E-state index in [2.05, 4.69) is 73.7 Å². The summed E-state index contributed by atoms with van der Waals surface area (Å²) in [4.78, 5) is 0. The maximum atomic E-state index is 6.28. The third kappa shape index (κ3) is 1.69. The van der Waals surface area contributed by atoms with Gasteiger partial charge in [-0.15, -0.1) is 0 Å². The van der Waals surface area contributed by atoms with Gasteiger partial charge in [0.05, 0.1) is 0 Å². The number of benzene rings is 3. The van der Waals surface area contributed by atoms with Crippen molar-refractivity contribution in [1.29, 1.82) is 0 Å². The molecule has 0 saturated carbocycles. The Morgan fingerprint density at radius 3 is 2.19 bits per heavy atom. The molecule has 1 aliphatic carbocycles. The van der Waals surface area contributed by atoms with Gasteiger partial charge in [-0.1, -0.05) is 72.3 Å². The van der Waals surface area contributed by atoms with Crippen LogP contribution in [0.3, 0.4) is 0 Å². The Labute approximate surface area is 130 Å². The zero-order valence-electron chi connectivity index (χ0n) is 11.8. The number of hydrogen-bond donors (Lipinski definition) is 0. The minimum atomic E-state index is -0.141. The van der Waals surface area contributed by atoms with Gasteiger partial charge in [0, 0.05) is 10.4 Å². The molecule has 3 aromatic carbocycles. The molecule has 0 aromatic heterocycles. The van der Waals surface area contributed by atoms with Gasteiger partial charge < -0.3 is 0 Å². The first-order valence-corrected chi connectivity index (χ1v) is 7.54. The Bertz CT molecular complexity index is 820. The van der Waals surface area contributed by atoms with Gasteiger partial charge in [-0.25, -0.2) is 0 Å². The van der Waals surface area contributed by atoms with Crippen LogP contribution in [0.15, 0.2) is 72.8 Å². The minimum absolute atomic E-state index is 0.141. The molecule has 0 saturated heterocycles. The maximum absolute atomic E-state index is 6.28. The van der Waals surface area contributed by atoms with Gasteiger partial charge in [0.2, 0.25) is 0 Å². The second-order valence-corrected chi connectivity index (χ2v) is 6.16. The molecule has 0 N–H and O–H groups in total. The standard InChI is InChI=1S/C20H15Cl/c1-20(14-7-3-2-4-8-14)18-10-6-5-9-16(18)17-12-11-15(21)13-19(17)20/h2-13H,1H3. The summed E-state index contributed by atoms with van der Waals surface area (Å²) >= 11 is 6.28. The Kier molecular flexibility index (Phi) is 2.70. The summed E-state index contributed by atoms with van der Waals surface area (Å²) in [5.74, 6) is 0. The third-order valence-electron chi connectivity index (χ3n) is 4.63. The van der Waals surface area contributed by atoms with E-state index in [1.807, 2.05) is 6.07 Å². The summed E-state index contributed by atoms with van der Waals surface area (Å²) in [5.41, 5.74) is 6.42. The summed E-state index contributed by atoms with van der Waals surface area (Å²) < 4.78 is 0. The van der Waals surface area contributed by atoms with Crippen molar-refractivity contribution in [2.24, 2.45) is 0 Å². The van der Waals surface area contributed by atoms with E-state index in [0.29, 0.717) is 0 Å². The van der Waals surface area contributed by atoms with Crippen LogP contribution in [0.4, 0.5) is 0 Å². The van der Waals surface area contributed by atoms with Gasteiger partial charge >= 0.3 is 0 Å². The van der Waals surface area contributed by atoms with E-state index >= 15 is 0 Å². The van der Waals surface area contributed by atoms with E-state index in [9.17, 15) is 0 Å². The zero-order chi connectivity index (χ0) is 14.4. The molecule has 21 heavy (non-hydrogen) atoms. The van der Waals surface area contributed by atoms with Gasteiger partial charge in [0.1, 0.15) is 0 Å². The van der Waals surface area contributed by atoms with E-state index < -0.39 is 0 Å². The number of fused-ring (bicyclic) bond motifs is 3. The van der Waals surface area contributed by atoms with Crippen LogP contribution in [0, 0.1) is 0 Å². The molecule has 3 aromatic rings. The van der Waals surface area contributed by atoms with Crippen LogP contribution >= 0.6 is 11.6 Å². The first-order valence-electron chi connectivity index (χ1n) is 7.17. The van der Waals surface area contributed by atoms with Crippen molar-refractivity contribution in [3.63, 3.8) is 0 Å². The average molecular weight is 291 g/mol. The van der Waals surface area contributed by atoms with Crippen molar-refractivity contribution in [2.45, 2.75) is 12.3 Å². The normalized spacial score (nSPS) is 19.1. The van der Waals surface area contributed by atoms with Crippen LogP contribution < -0.4 is 0 Å². The van der Waals surface area contributed by atoms with Gasteiger partial charge in [0.25, 0.3) is 0 Å². The van der Waals surface area contributed by atoms with Crippen LogP contribution in [0.5, 0.6) is 0 Å². The molecule has 0 nitrogen and oxygen atoms in total. The summed E-state index contributed by atoms with van der Waals surface area (Å²) in [5, 5.41) is 0.795. The third-order valence-corrected chi connectivity index (χ3v) is 4.86. The largest absolute Gasteiger partial charge is 0.0843 e. The lowest BCUT2D eigenvalue weighted by molar-refractivity contribution is 0.714. The highest BCUT2D eigenvalue weighted by molar-refractivity contribution is 6.30. The lowest BCUT2D eigenvalue weighted by Crippen LogP contribution is -2.22. The summed E-state index contributed by atoms with van der Waals surface area (Å²) in [6, 6.07) is 25.6. The van der Waals surface area contributed by atoms with Crippen LogP contribution in [0.25, 0.3) is 11.1 Å². The van der Waals surface area contributed by atoms with Gasteiger partial charge in [-0.2, -0.15) is 0 Å². The lowest BCUT2D eigenvalue weighted by atomic mass is 9.74. The van der Waals surface area contributed by atoms with Crippen molar-refractivity contribution < 1.29 is 0 Å². The molecular weight excluding hydrogens is 276 g/mol. The quantitative estimate of drug-likeness (QED) is 0.541. The van der Waals surface area contributed by atoms with Crippen LogP contribution in [-0.4, -0.2) is 0 Å². The molecule has 1 atom stereocenters. The molecule has 102 valence electrons. The molecule has 0 fully saturated rings. The molecular formula is C20H15Cl. The average Bonchev–Trinajstić information content (AvgIpc) is 2.79. The second-order valence-electron chi connectivity index (χ2n) is 5.73. The molecule has 0 heterocycles. The molecule has 1 aliphatic rings. The van der Waals surface area contributed by atoms with E-state index in [1.165, 1.54) is 27.8 Å². The highest BCUT2D eigenvalue weighted by Gasteiger charge is 2.40. The number of rotatable bonds is 1. The first-order chi connectivity index (χ1) is 10.2. The van der Waals surface area contributed by atoms with E-state index in [-0.39, 0.29) is 5.41 Å². The highest BCUT2D eigenvalue weighted by atomic mass is 35.5. The van der Waals surface area contributed by atoms with E-state index in [4.69, 9.17) is 11.6 Å². The molecule has 1 heteroatoms. The van der Waals surface area contributed by atoms with E-state index in [1.54, 1.807) is 0 Å². The smallest absolute Gasteiger partial charge is 0.0436 e. The second kappa shape index (κ2) is 4.47. The first kappa shape index (κ1) is 12.7. The fourth-order valence-corrected chi connectivity index (χ4v) is 3.72. The fraction of sp³-hybridized carbons (Fsp3) is 0.100. The SMILES string of the molecule is CC1(c2ccccc2)c2ccccc2-c2ccc(Cl)cc21. The van der Waals surface area contributed by atoms with Crippen molar-refractivity contribution >= 4 is 11.6 Å². The van der Waals surface area contributed by atoms with Gasteiger partial charge in [-0.05, 0) is 46.9 Å². The minimum Gasteiger partial charge on any atom is -0.0843 e. The maximum Gasteiger partial charge on any atom is 0.0436 e. The predicted molar refractivity (Wildman–Crippen MR) is 88.9 cm³/mol. The monoisotopic (exact) mass is 290 g/mol.